The van der Waals surface area contributed by atoms with Gasteiger partial charge in [0.1, 0.15) is 0 Å². The number of rotatable bonds is 4. The van der Waals surface area contributed by atoms with E-state index in [1.807, 2.05) is 43.3 Å². The number of carbonyl (C=O) groups excluding carboxylic acids is 2. The smallest absolute Gasteiger partial charge is 0.267 e. The summed E-state index contributed by atoms with van der Waals surface area (Å²) in [6.07, 6.45) is 3.73. The Labute approximate surface area is 171 Å². The summed E-state index contributed by atoms with van der Waals surface area (Å²) in [5.74, 6) is -0.860. The first-order chi connectivity index (χ1) is 13.0. The molecule has 2 aromatic carbocycles. The van der Waals surface area contributed by atoms with Crippen molar-refractivity contribution in [3.63, 3.8) is 0 Å². The molecule has 1 aliphatic rings. The van der Waals surface area contributed by atoms with E-state index < -0.39 is 5.91 Å². The molecule has 7 heteroatoms. The van der Waals surface area contributed by atoms with Gasteiger partial charge in [0.25, 0.3) is 11.8 Å². The number of carbonyl (C=O) groups is 2. The molecule has 1 N–H and O–H groups in total. The Bertz CT molecular complexity index is 971. The molecule has 0 unspecified atom stereocenters. The van der Waals surface area contributed by atoms with Gasteiger partial charge in [-0.15, -0.1) is 0 Å². The molecule has 0 saturated carbocycles. The van der Waals surface area contributed by atoms with Gasteiger partial charge in [0.05, 0.1) is 15.5 Å². The second kappa shape index (κ2) is 8.52. The molecule has 0 bridgehead atoms. The second-order valence-electron chi connectivity index (χ2n) is 5.74. The van der Waals surface area contributed by atoms with Crippen molar-refractivity contribution in [2.45, 2.75) is 6.92 Å². The normalized spacial score (nSPS) is 16.1. The SMILES string of the molecule is CC(=C/c1ccccc1)/C=C1/SC(=S)N(NC(=O)c2ccccc2Cl)C1=O. The number of halogens is 1. The monoisotopic (exact) mass is 414 g/mol. The molecular weight excluding hydrogens is 400 g/mol. The molecule has 136 valence electrons. The average Bonchev–Trinajstić information content (AvgIpc) is 2.90. The van der Waals surface area contributed by atoms with E-state index in [1.165, 1.54) is 0 Å². The van der Waals surface area contributed by atoms with Gasteiger partial charge >= 0.3 is 0 Å². The summed E-state index contributed by atoms with van der Waals surface area (Å²) in [6, 6.07) is 16.4. The van der Waals surface area contributed by atoms with E-state index in [1.54, 1.807) is 30.3 Å². The lowest BCUT2D eigenvalue weighted by molar-refractivity contribution is -0.123. The van der Waals surface area contributed by atoms with Gasteiger partial charge < -0.3 is 0 Å². The highest BCUT2D eigenvalue weighted by Crippen LogP contribution is 2.31. The highest BCUT2D eigenvalue weighted by molar-refractivity contribution is 8.26. The van der Waals surface area contributed by atoms with Gasteiger partial charge in [-0.1, -0.05) is 71.9 Å². The largest absolute Gasteiger partial charge is 0.285 e. The maximum Gasteiger partial charge on any atom is 0.285 e. The van der Waals surface area contributed by atoms with Crippen LogP contribution in [0.15, 0.2) is 71.2 Å². The maximum atomic E-state index is 12.6. The van der Waals surface area contributed by atoms with Crippen LogP contribution in [0, 0.1) is 0 Å². The third-order valence-corrected chi connectivity index (χ3v) is 5.31. The van der Waals surface area contributed by atoms with Crippen LogP contribution in [0.2, 0.25) is 5.02 Å². The number of nitrogens with zero attached hydrogens (tertiary/aromatic N) is 1. The van der Waals surface area contributed by atoms with Gasteiger partial charge in [-0.3, -0.25) is 15.0 Å². The third-order valence-electron chi connectivity index (χ3n) is 3.68. The molecule has 2 aromatic rings. The van der Waals surface area contributed by atoms with Gasteiger partial charge in [0.2, 0.25) is 0 Å². The van der Waals surface area contributed by atoms with Crippen LogP contribution in [0.25, 0.3) is 6.08 Å². The first kappa shape index (κ1) is 19.4. The molecule has 1 saturated heterocycles. The molecule has 2 amide bonds. The lowest BCUT2D eigenvalue weighted by Crippen LogP contribution is -2.44. The van der Waals surface area contributed by atoms with Crippen molar-refractivity contribution in [1.29, 1.82) is 0 Å². The summed E-state index contributed by atoms with van der Waals surface area (Å²) in [4.78, 5) is 25.5. The number of thioether (sulfide) groups is 1. The van der Waals surface area contributed by atoms with E-state index in [0.29, 0.717) is 9.93 Å². The van der Waals surface area contributed by atoms with Crippen molar-refractivity contribution in [2.24, 2.45) is 0 Å². The zero-order valence-corrected chi connectivity index (χ0v) is 16.7. The number of hydrogen-bond donors (Lipinski definition) is 1. The Morgan fingerprint density at radius 3 is 2.52 bits per heavy atom. The van der Waals surface area contributed by atoms with Gasteiger partial charge in [0.15, 0.2) is 4.32 Å². The van der Waals surface area contributed by atoms with Gasteiger partial charge in [-0.2, -0.15) is 5.01 Å². The van der Waals surface area contributed by atoms with Crippen molar-refractivity contribution in [3.05, 3.63) is 87.3 Å². The van der Waals surface area contributed by atoms with Crippen LogP contribution in [-0.2, 0) is 4.79 Å². The van der Waals surface area contributed by atoms with Crippen LogP contribution in [0.5, 0.6) is 0 Å². The van der Waals surface area contributed by atoms with Crippen LogP contribution in [0.3, 0.4) is 0 Å². The van der Waals surface area contributed by atoms with Gasteiger partial charge in [0, 0.05) is 0 Å². The first-order valence-corrected chi connectivity index (χ1v) is 9.63. The molecule has 4 nitrogen and oxygen atoms in total. The van der Waals surface area contributed by atoms with E-state index in [4.69, 9.17) is 23.8 Å². The quantitative estimate of drug-likeness (QED) is 0.575. The van der Waals surface area contributed by atoms with Crippen molar-refractivity contribution in [1.82, 2.24) is 10.4 Å². The summed E-state index contributed by atoms with van der Waals surface area (Å²) in [5, 5.41) is 1.38. The summed E-state index contributed by atoms with van der Waals surface area (Å²) in [7, 11) is 0. The molecule has 3 rings (SSSR count). The predicted molar refractivity (Wildman–Crippen MR) is 114 cm³/mol. The molecule has 0 aromatic heterocycles. The molecule has 1 aliphatic heterocycles. The van der Waals surface area contributed by atoms with E-state index in [2.05, 4.69) is 5.43 Å². The predicted octanol–water partition coefficient (Wildman–Crippen LogP) is 4.83. The fraction of sp³-hybridized carbons (Fsp3) is 0.0500. The molecule has 0 spiro atoms. The summed E-state index contributed by atoms with van der Waals surface area (Å²) < 4.78 is 0.263. The van der Waals surface area contributed by atoms with Gasteiger partial charge in [-0.05, 0) is 48.5 Å². The lowest BCUT2D eigenvalue weighted by Gasteiger charge is -2.16. The number of allylic oxidation sites excluding steroid dienone is 2. The lowest BCUT2D eigenvalue weighted by atomic mass is 10.1. The zero-order chi connectivity index (χ0) is 19.4. The van der Waals surface area contributed by atoms with Crippen LogP contribution >= 0.6 is 35.6 Å². The van der Waals surface area contributed by atoms with Crippen LogP contribution < -0.4 is 5.43 Å². The molecule has 0 atom stereocenters. The minimum absolute atomic E-state index is 0.263. The summed E-state index contributed by atoms with van der Waals surface area (Å²) in [5.41, 5.74) is 4.74. The number of amides is 2. The average molecular weight is 415 g/mol. The van der Waals surface area contributed by atoms with E-state index in [-0.39, 0.29) is 15.8 Å². The number of hydrogen-bond acceptors (Lipinski definition) is 4. The fourth-order valence-electron chi connectivity index (χ4n) is 2.43. The first-order valence-electron chi connectivity index (χ1n) is 8.02. The van der Waals surface area contributed by atoms with Crippen LogP contribution in [0.1, 0.15) is 22.8 Å². The Hall–Kier alpha value is -2.41. The summed E-state index contributed by atoms with van der Waals surface area (Å²) >= 11 is 12.4. The van der Waals surface area contributed by atoms with Crippen molar-refractivity contribution in [3.8, 4) is 0 Å². The van der Waals surface area contributed by atoms with Crippen LogP contribution in [0.4, 0.5) is 0 Å². The number of nitrogens with one attached hydrogen (secondary N) is 1. The fourth-order valence-corrected chi connectivity index (χ4v) is 3.88. The standard InChI is InChI=1S/C20H15ClN2O2S2/c1-13(11-14-7-3-2-4-8-14)12-17-19(25)23(20(26)27-17)22-18(24)15-9-5-6-10-16(15)21/h2-12H,1H3,(H,22,24)/b13-11-,17-12+. The molecule has 1 fully saturated rings. The van der Waals surface area contributed by atoms with Crippen molar-refractivity contribution in [2.75, 3.05) is 0 Å². The highest BCUT2D eigenvalue weighted by atomic mass is 35.5. The Kier molecular flexibility index (Phi) is 6.11. The van der Waals surface area contributed by atoms with Crippen molar-refractivity contribution < 1.29 is 9.59 Å². The number of thiocarbonyl (C=S) groups is 1. The summed E-state index contributed by atoms with van der Waals surface area (Å²) in [6.45, 7) is 1.90. The Morgan fingerprint density at radius 1 is 1.15 bits per heavy atom. The molecule has 27 heavy (non-hydrogen) atoms. The van der Waals surface area contributed by atoms with E-state index in [0.717, 1.165) is 27.9 Å². The minimum Gasteiger partial charge on any atom is -0.267 e. The second-order valence-corrected chi connectivity index (χ2v) is 7.82. The highest BCUT2D eigenvalue weighted by Gasteiger charge is 2.34. The Morgan fingerprint density at radius 2 is 1.81 bits per heavy atom. The third kappa shape index (κ3) is 4.66. The minimum atomic E-state index is -0.491. The van der Waals surface area contributed by atoms with Crippen molar-refractivity contribution >= 4 is 57.8 Å². The molecule has 1 heterocycles. The van der Waals surface area contributed by atoms with Gasteiger partial charge in [-0.25, -0.2) is 0 Å². The maximum absolute atomic E-state index is 12.6. The van der Waals surface area contributed by atoms with E-state index >= 15 is 0 Å². The van der Waals surface area contributed by atoms with E-state index in [9.17, 15) is 9.59 Å². The van der Waals surface area contributed by atoms with Crippen LogP contribution in [-0.4, -0.2) is 21.1 Å². The molecule has 0 aliphatic carbocycles. The number of hydrazine groups is 1. The topological polar surface area (TPSA) is 49.4 Å². The molecule has 0 radical (unpaired) electrons. The Balaban J connectivity index is 1.76. The number of benzene rings is 2. The molecular formula is C20H15ClN2O2S2. The zero-order valence-electron chi connectivity index (χ0n) is 14.3.